The molecular weight excluding hydrogens is 360 g/mol. The lowest BCUT2D eigenvalue weighted by Crippen LogP contribution is -2.31. The third-order valence-electron chi connectivity index (χ3n) is 3.64. The summed E-state index contributed by atoms with van der Waals surface area (Å²) in [6, 6.07) is 11.1. The number of thioether (sulfide) groups is 1. The second kappa shape index (κ2) is 8.87. The third kappa shape index (κ3) is 4.96. The molecule has 0 aliphatic carbocycles. The Hall–Kier alpha value is -2.05. The first-order chi connectivity index (χ1) is 12.0. The molecule has 0 atom stereocenters. The van der Waals surface area contributed by atoms with Gasteiger partial charge in [0.2, 0.25) is 0 Å². The van der Waals surface area contributed by atoms with Gasteiger partial charge in [0, 0.05) is 24.6 Å². The fourth-order valence-corrected chi connectivity index (χ4v) is 2.89. The van der Waals surface area contributed by atoms with Crippen LogP contribution in [-0.4, -0.2) is 38.5 Å². The number of benzene rings is 2. The third-order valence-corrected chi connectivity index (χ3v) is 4.68. The summed E-state index contributed by atoms with van der Waals surface area (Å²) < 4.78 is 10.4. The molecule has 0 unspecified atom stereocenters. The Labute approximate surface area is 157 Å². The van der Waals surface area contributed by atoms with E-state index < -0.39 is 0 Å². The molecule has 0 radical (unpaired) electrons. The normalized spacial score (nSPS) is 10.3. The van der Waals surface area contributed by atoms with Crippen molar-refractivity contribution in [3.05, 3.63) is 47.0 Å². The van der Waals surface area contributed by atoms with Gasteiger partial charge in [0.1, 0.15) is 11.5 Å². The topological polar surface area (TPSA) is 50.8 Å². The van der Waals surface area contributed by atoms with Crippen molar-refractivity contribution < 1.29 is 14.3 Å². The van der Waals surface area contributed by atoms with Gasteiger partial charge >= 0.3 is 6.03 Å². The highest BCUT2D eigenvalue weighted by Crippen LogP contribution is 2.36. The lowest BCUT2D eigenvalue weighted by Gasteiger charge is -2.20. The zero-order valence-electron chi connectivity index (χ0n) is 14.6. The number of methoxy groups -OCH3 is 2. The molecule has 2 aromatic carbocycles. The Morgan fingerprint density at radius 2 is 1.80 bits per heavy atom. The van der Waals surface area contributed by atoms with Crippen LogP contribution in [0.15, 0.2) is 41.3 Å². The van der Waals surface area contributed by atoms with Crippen LogP contribution in [0.5, 0.6) is 11.5 Å². The summed E-state index contributed by atoms with van der Waals surface area (Å²) in [4.78, 5) is 15.2. The van der Waals surface area contributed by atoms with E-state index in [1.54, 1.807) is 35.8 Å². The molecule has 0 aromatic heterocycles. The second-order valence-electron chi connectivity index (χ2n) is 5.32. The molecule has 0 heterocycles. The number of amides is 2. The van der Waals surface area contributed by atoms with Crippen molar-refractivity contribution in [1.29, 1.82) is 0 Å². The van der Waals surface area contributed by atoms with Gasteiger partial charge in [-0.05, 0) is 30.0 Å². The predicted molar refractivity (Wildman–Crippen MR) is 103 cm³/mol. The molecule has 0 aliphatic rings. The van der Waals surface area contributed by atoms with Crippen molar-refractivity contribution in [1.82, 2.24) is 4.90 Å². The van der Waals surface area contributed by atoms with Crippen LogP contribution in [0.4, 0.5) is 10.5 Å². The average molecular weight is 381 g/mol. The van der Waals surface area contributed by atoms with Crippen molar-refractivity contribution in [3.8, 4) is 11.5 Å². The summed E-state index contributed by atoms with van der Waals surface area (Å²) >= 11 is 7.82. The quantitative estimate of drug-likeness (QED) is 0.735. The number of nitrogens with one attached hydrogen (secondary N) is 1. The van der Waals surface area contributed by atoms with Crippen LogP contribution in [0.2, 0.25) is 5.02 Å². The van der Waals surface area contributed by atoms with Crippen molar-refractivity contribution in [3.63, 3.8) is 0 Å². The van der Waals surface area contributed by atoms with Gasteiger partial charge in [0.05, 0.1) is 24.9 Å². The number of nitrogens with zero attached hydrogens (tertiary/aromatic N) is 1. The summed E-state index contributed by atoms with van der Waals surface area (Å²) in [5, 5.41) is 3.21. The molecule has 7 heteroatoms. The van der Waals surface area contributed by atoms with E-state index >= 15 is 0 Å². The first-order valence-corrected chi connectivity index (χ1v) is 9.15. The van der Waals surface area contributed by atoms with E-state index in [9.17, 15) is 4.79 Å². The molecule has 1 N–H and O–H groups in total. The van der Waals surface area contributed by atoms with Crippen molar-refractivity contribution in [2.45, 2.75) is 11.4 Å². The zero-order valence-corrected chi connectivity index (χ0v) is 16.2. The van der Waals surface area contributed by atoms with Gasteiger partial charge in [0.15, 0.2) is 0 Å². The molecule has 134 valence electrons. The highest BCUT2D eigenvalue weighted by Gasteiger charge is 2.15. The van der Waals surface area contributed by atoms with Crippen LogP contribution in [0.25, 0.3) is 0 Å². The largest absolute Gasteiger partial charge is 0.495 e. The maximum Gasteiger partial charge on any atom is 0.321 e. The van der Waals surface area contributed by atoms with Crippen molar-refractivity contribution in [2.24, 2.45) is 0 Å². The number of hydrogen-bond acceptors (Lipinski definition) is 4. The molecular formula is C18H21ClN2O3S. The highest BCUT2D eigenvalue weighted by molar-refractivity contribution is 7.98. The van der Waals surface area contributed by atoms with Gasteiger partial charge < -0.3 is 19.7 Å². The summed E-state index contributed by atoms with van der Waals surface area (Å²) in [7, 11) is 4.78. The second-order valence-corrected chi connectivity index (χ2v) is 6.61. The fourth-order valence-electron chi connectivity index (χ4n) is 2.24. The average Bonchev–Trinajstić information content (AvgIpc) is 2.62. The first-order valence-electron chi connectivity index (χ1n) is 7.55. The van der Waals surface area contributed by atoms with Crippen LogP contribution in [-0.2, 0) is 6.54 Å². The minimum atomic E-state index is -0.256. The Morgan fingerprint density at radius 3 is 2.36 bits per heavy atom. The summed E-state index contributed by atoms with van der Waals surface area (Å²) in [6.07, 6.45) is 2.03. The number of hydrogen-bond donors (Lipinski definition) is 1. The predicted octanol–water partition coefficient (Wildman–Crippen LogP) is 4.74. The number of carbonyl (C=O) groups excluding carboxylic acids is 1. The zero-order chi connectivity index (χ0) is 18.4. The van der Waals surface area contributed by atoms with Crippen LogP contribution in [0.3, 0.4) is 0 Å². The molecule has 2 aromatic rings. The minimum absolute atomic E-state index is 0.256. The minimum Gasteiger partial charge on any atom is -0.495 e. The lowest BCUT2D eigenvalue weighted by molar-refractivity contribution is 0.220. The number of urea groups is 1. The summed E-state index contributed by atoms with van der Waals surface area (Å²) in [6.45, 7) is 0.493. The van der Waals surface area contributed by atoms with Gasteiger partial charge in [0.25, 0.3) is 0 Å². The number of ether oxygens (including phenoxy) is 2. The molecule has 0 saturated heterocycles. The van der Waals surface area contributed by atoms with Gasteiger partial charge in [-0.3, -0.25) is 0 Å². The molecule has 0 bridgehead atoms. The van der Waals surface area contributed by atoms with Crippen LogP contribution < -0.4 is 14.8 Å². The lowest BCUT2D eigenvalue weighted by atomic mass is 10.2. The molecule has 2 amide bonds. The Balaban J connectivity index is 2.08. The maximum absolute atomic E-state index is 12.5. The van der Waals surface area contributed by atoms with Crippen LogP contribution in [0.1, 0.15) is 5.56 Å². The van der Waals surface area contributed by atoms with E-state index in [0.29, 0.717) is 28.8 Å². The molecule has 2 rings (SSSR count). The van der Waals surface area contributed by atoms with Gasteiger partial charge in [-0.25, -0.2) is 4.79 Å². The monoisotopic (exact) mass is 380 g/mol. The molecule has 0 fully saturated rings. The molecule has 0 spiro atoms. The number of rotatable bonds is 6. The number of halogens is 1. The molecule has 0 aliphatic heterocycles. The fraction of sp³-hybridized carbons (Fsp3) is 0.278. The van der Waals surface area contributed by atoms with Gasteiger partial charge in [-0.2, -0.15) is 0 Å². The van der Waals surface area contributed by atoms with Gasteiger partial charge in [-0.15, -0.1) is 11.8 Å². The maximum atomic E-state index is 12.5. The molecule has 5 nitrogen and oxygen atoms in total. The summed E-state index contributed by atoms with van der Waals surface area (Å²) in [5.74, 6) is 0.964. The number of anilines is 1. The molecule has 0 saturated carbocycles. The van der Waals surface area contributed by atoms with Crippen molar-refractivity contribution >= 4 is 35.1 Å². The smallest absolute Gasteiger partial charge is 0.321 e. The highest BCUT2D eigenvalue weighted by atomic mass is 35.5. The van der Waals surface area contributed by atoms with E-state index in [2.05, 4.69) is 5.32 Å². The van der Waals surface area contributed by atoms with Crippen LogP contribution in [0, 0.1) is 0 Å². The standard InChI is InChI=1S/C18H21ClN2O3S/c1-21(11-12-5-7-13(25-4)8-6-12)18(22)20-15-9-14(19)16(23-2)10-17(15)24-3/h5-10H,11H2,1-4H3,(H,20,22). The Kier molecular flexibility index (Phi) is 6.84. The first kappa shape index (κ1) is 19.3. The van der Waals surface area contributed by atoms with Crippen LogP contribution >= 0.6 is 23.4 Å². The van der Waals surface area contributed by atoms with Gasteiger partial charge in [-0.1, -0.05) is 23.7 Å². The summed E-state index contributed by atoms with van der Waals surface area (Å²) in [5.41, 5.74) is 1.54. The molecule has 25 heavy (non-hydrogen) atoms. The van der Waals surface area contributed by atoms with Crippen molar-refractivity contribution in [2.75, 3.05) is 32.8 Å². The van der Waals surface area contributed by atoms with E-state index in [1.807, 2.05) is 30.5 Å². The Morgan fingerprint density at radius 1 is 1.16 bits per heavy atom. The van der Waals surface area contributed by atoms with E-state index in [0.717, 1.165) is 5.56 Å². The number of carbonyl (C=O) groups is 1. The van der Waals surface area contributed by atoms with E-state index in [-0.39, 0.29) is 6.03 Å². The Bertz CT molecular complexity index is 738. The SMILES string of the molecule is COc1cc(OC)c(NC(=O)N(C)Cc2ccc(SC)cc2)cc1Cl. The van der Waals surface area contributed by atoms with E-state index in [4.69, 9.17) is 21.1 Å². The van der Waals surface area contributed by atoms with E-state index in [1.165, 1.54) is 19.1 Å².